The van der Waals surface area contributed by atoms with E-state index in [2.05, 4.69) is 4.90 Å². The molecule has 0 spiro atoms. The normalized spacial score (nSPS) is 28.1. The molecule has 1 saturated carbocycles. The van der Waals surface area contributed by atoms with E-state index in [0.29, 0.717) is 24.2 Å². The van der Waals surface area contributed by atoms with Crippen LogP contribution in [0, 0.1) is 23.6 Å². The molecule has 1 aromatic carbocycles. The Morgan fingerprint density at radius 3 is 2.55 bits per heavy atom. The van der Waals surface area contributed by atoms with Gasteiger partial charge in [-0.2, -0.15) is 0 Å². The molecule has 4 nitrogen and oxygen atoms in total. The van der Waals surface area contributed by atoms with Crippen molar-refractivity contribution in [1.82, 2.24) is 4.90 Å². The first kappa shape index (κ1) is 13.4. The summed E-state index contributed by atoms with van der Waals surface area (Å²) in [7, 11) is 0. The van der Waals surface area contributed by atoms with E-state index >= 15 is 0 Å². The minimum atomic E-state index is -0.640. The first-order chi connectivity index (χ1) is 9.65. The molecule has 1 aromatic rings. The molecule has 1 N–H and O–H groups in total. The predicted molar refractivity (Wildman–Crippen MR) is 71.1 cm³/mol. The van der Waals surface area contributed by atoms with Crippen LogP contribution < -0.4 is 4.74 Å². The van der Waals surface area contributed by atoms with Gasteiger partial charge >= 0.3 is 5.97 Å². The highest BCUT2D eigenvalue weighted by molar-refractivity contribution is 5.74. The molecule has 108 valence electrons. The number of fused-ring (bicyclic) bond motifs is 1. The van der Waals surface area contributed by atoms with Gasteiger partial charge in [0.1, 0.15) is 11.6 Å². The lowest BCUT2D eigenvalue weighted by atomic mass is 10.2. The Hall–Kier alpha value is -1.62. The van der Waals surface area contributed by atoms with Gasteiger partial charge in [0.2, 0.25) is 0 Å². The number of benzene rings is 1. The van der Waals surface area contributed by atoms with Gasteiger partial charge in [-0.25, -0.2) is 4.39 Å². The number of nitrogens with zero attached hydrogens (tertiary/aromatic N) is 1. The molecule has 0 aromatic heterocycles. The minimum absolute atomic E-state index is 0.0956. The molecule has 1 saturated heterocycles. The van der Waals surface area contributed by atoms with Gasteiger partial charge in [0.15, 0.2) is 0 Å². The van der Waals surface area contributed by atoms with E-state index in [1.807, 2.05) is 0 Å². The third kappa shape index (κ3) is 2.77. The molecule has 0 bridgehead atoms. The maximum absolute atomic E-state index is 12.7. The topological polar surface area (TPSA) is 49.8 Å². The van der Waals surface area contributed by atoms with Crippen molar-refractivity contribution >= 4 is 5.97 Å². The van der Waals surface area contributed by atoms with Crippen LogP contribution in [-0.2, 0) is 4.79 Å². The number of halogens is 1. The predicted octanol–water partition coefficient (Wildman–Crippen LogP) is 1.86. The Morgan fingerprint density at radius 2 is 1.95 bits per heavy atom. The van der Waals surface area contributed by atoms with Crippen LogP contribution in [0.1, 0.15) is 6.42 Å². The van der Waals surface area contributed by atoms with Crippen LogP contribution in [-0.4, -0.2) is 42.2 Å². The van der Waals surface area contributed by atoms with E-state index < -0.39 is 5.97 Å². The van der Waals surface area contributed by atoms with Crippen LogP contribution >= 0.6 is 0 Å². The Labute approximate surface area is 117 Å². The van der Waals surface area contributed by atoms with Gasteiger partial charge in [0, 0.05) is 19.6 Å². The number of hydrogen-bond acceptors (Lipinski definition) is 3. The van der Waals surface area contributed by atoms with Crippen LogP contribution in [0.15, 0.2) is 24.3 Å². The summed E-state index contributed by atoms with van der Waals surface area (Å²) < 4.78 is 18.2. The fourth-order valence-corrected chi connectivity index (χ4v) is 3.17. The lowest BCUT2D eigenvalue weighted by Crippen LogP contribution is -2.28. The number of aliphatic carboxylic acids is 1. The van der Waals surface area contributed by atoms with E-state index in [9.17, 15) is 9.18 Å². The lowest BCUT2D eigenvalue weighted by molar-refractivity contribution is -0.139. The number of ether oxygens (including phenoxy) is 1. The second-order valence-corrected chi connectivity index (χ2v) is 5.61. The zero-order valence-electron chi connectivity index (χ0n) is 11.2. The van der Waals surface area contributed by atoms with Crippen LogP contribution in [0.3, 0.4) is 0 Å². The molecule has 5 heteroatoms. The second kappa shape index (κ2) is 5.40. The van der Waals surface area contributed by atoms with E-state index in [1.165, 1.54) is 12.1 Å². The molecule has 3 rings (SSSR count). The van der Waals surface area contributed by atoms with E-state index in [1.54, 1.807) is 12.1 Å². The highest BCUT2D eigenvalue weighted by atomic mass is 19.1. The van der Waals surface area contributed by atoms with Gasteiger partial charge in [-0.1, -0.05) is 0 Å². The molecule has 20 heavy (non-hydrogen) atoms. The second-order valence-electron chi connectivity index (χ2n) is 5.61. The largest absolute Gasteiger partial charge is 0.494 e. The Kier molecular flexibility index (Phi) is 3.61. The Balaban J connectivity index is 1.32. The number of rotatable bonds is 6. The van der Waals surface area contributed by atoms with Crippen molar-refractivity contribution in [3.8, 4) is 5.75 Å². The van der Waals surface area contributed by atoms with Crippen molar-refractivity contribution in [2.45, 2.75) is 6.42 Å². The molecule has 1 aliphatic carbocycles. The van der Waals surface area contributed by atoms with Gasteiger partial charge < -0.3 is 14.7 Å². The van der Waals surface area contributed by atoms with Gasteiger partial charge in [-0.15, -0.1) is 0 Å². The number of piperidine rings is 1. The highest BCUT2D eigenvalue weighted by Crippen LogP contribution is 2.51. The van der Waals surface area contributed by atoms with Crippen LogP contribution in [0.4, 0.5) is 4.39 Å². The molecular weight excluding hydrogens is 261 g/mol. The molecule has 3 atom stereocenters. The van der Waals surface area contributed by atoms with E-state index in [-0.39, 0.29) is 11.7 Å². The summed E-state index contributed by atoms with van der Waals surface area (Å²) in [5.74, 6) is 0.417. The maximum Gasteiger partial charge on any atom is 0.307 e. The molecule has 2 aliphatic rings. The summed E-state index contributed by atoms with van der Waals surface area (Å²) in [6, 6.07) is 6.01. The van der Waals surface area contributed by atoms with Gasteiger partial charge in [-0.3, -0.25) is 4.79 Å². The first-order valence-electron chi connectivity index (χ1n) is 6.98. The molecule has 1 aliphatic heterocycles. The van der Waals surface area contributed by atoms with Crippen LogP contribution in [0.2, 0.25) is 0 Å². The van der Waals surface area contributed by atoms with Crippen molar-refractivity contribution in [2.75, 3.05) is 26.2 Å². The van der Waals surface area contributed by atoms with Crippen molar-refractivity contribution < 1.29 is 19.0 Å². The Bertz CT molecular complexity index is 478. The van der Waals surface area contributed by atoms with Gasteiger partial charge in [0.25, 0.3) is 0 Å². The third-order valence-corrected chi connectivity index (χ3v) is 4.26. The van der Waals surface area contributed by atoms with Crippen molar-refractivity contribution in [1.29, 1.82) is 0 Å². The standard InChI is InChI=1S/C15H18FNO3/c16-10-2-4-11(5-3-10)20-7-1-6-17-8-12-13(9-17)14(12)15(18)19/h2-5,12-14H,1,6-9H2,(H,18,19)/t12-,13+,14?. The summed E-state index contributed by atoms with van der Waals surface area (Å²) >= 11 is 0. The van der Waals surface area contributed by atoms with Crippen LogP contribution in [0.25, 0.3) is 0 Å². The zero-order valence-corrected chi connectivity index (χ0v) is 11.2. The maximum atomic E-state index is 12.7. The van der Waals surface area contributed by atoms with Gasteiger partial charge in [0.05, 0.1) is 12.5 Å². The van der Waals surface area contributed by atoms with Crippen molar-refractivity contribution in [3.63, 3.8) is 0 Å². The summed E-state index contributed by atoms with van der Waals surface area (Å²) in [6.07, 6.45) is 0.897. The average Bonchev–Trinajstić information content (AvgIpc) is 2.94. The minimum Gasteiger partial charge on any atom is -0.494 e. The number of carboxylic acids is 1. The van der Waals surface area contributed by atoms with Crippen molar-refractivity contribution in [3.05, 3.63) is 30.1 Å². The van der Waals surface area contributed by atoms with Crippen molar-refractivity contribution in [2.24, 2.45) is 17.8 Å². The van der Waals surface area contributed by atoms with E-state index in [4.69, 9.17) is 9.84 Å². The number of carbonyl (C=O) groups is 1. The average molecular weight is 279 g/mol. The fraction of sp³-hybridized carbons (Fsp3) is 0.533. The molecule has 1 unspecified atom stereocenters. The van der Waals surface area contributed by atoms with Gasteiger partial charge in [-0.05, 0) is 42.5 Å². The monoisotopic (exact) mass is 279 g/mol. The molecule has 1 heterocycles. The summed E-state index contributed by atoms with van der Waals surface area (Å²) in [6.45, 7) is 3.33. The Morgan fingerprint density at radius 1 is 1.30 bits per heavy atom. The highest BCUT2D eigenvalue weighted by Gasteiger charge is 2.59. The van der Waals surface area contributed by atoms with Crippen LogP contribution in [0.5, 0.6) is 5.75 Å². The molecule has 2 fully saturated rings. The summed E-state index contributed by atoms with van der Waals surface area (Å²) in [5.41, 5.74) is 0. The fourth-order valence-electron chi connectivity index (χ4n) is 3.17. The number of hydrogen-bond donors (Lipinski definition) is 1. The van der Waals surface area contributed by atoms with E-state index in [0.717, 1.165) is 26.1 Å². The molecule has 0 radical (unpaired) electrons. The number of carboxylic acid groups (broad SMARTS) is 1. The SMILES string of the molecule is O=C(O)C1[C@H]2CN(CCCOc3ccc(F)cc3)C[C@@H]12. The third-order valence-electron chi connectivity index (χ3n) is 4.26. The summed E-state index contributed by atoms with van der Waals surface area (Å²) in [5, 5.41) is 8.94. The lowest BCUT2D eigenvalue weighted by Gasteiger charge is -2.18. The molecular formula is C15H18FNO3. The molecule has 0 amide bonds. The quantitative estimate of drug-likeness (QED) is 0.808. The smallest absolute Gasteiger partial charge is 0.307 e. The summed E-state index contributed by atoms with van der Waals surface area (Å²) in [4.78, 5) is 13.2. The zero-order chi connectivity index (χ0) is 14.1. The first-order valence-corrected chi connectivity index (χ1v) is 6.98. The number of likely N-dealkylation sites (tertiary alicyclic amines) is 1.